The van der Waals surface area contributed by atoms with E-state index in [1.54, 1.807) is 7.05 Å². The molecule has 13 heavy (non-hydrogen) atoms. The van der Waals surface area contributed by atoms with E-state index in [-0.39, 0.29) is 6.54 Å². The van der Waals surface area contributed by atoms with E-state index in [0.717, 1.165) is 6.26 Å². The molecular weight excluding hydrogens is 192 g/mol. The highest BCUT2D eigenvalue weighted by Crippen LogP contribution is 2.13. The van der Waals surface area contributed by atoms with E-state index in [4.69, 9.17) is 5.73 Å². The number of nitrogens with two attached hydrogens (primary N) is 1. The van der Waals surface area contributed by atoms with E-state index >= 15 is 0 Å². The summed E-state index contributed by atoms with van der Waals surface area (Å²) in [5.74, 6) is 0.421. The Balaban J connectivity index is 3.05. The van der Waals surface area contributed by atoms with Crippen LogP contribution in [-0.4, -0.2) is 24.5 Å². The van der Waals surface area contributed by atoms with Crippen molar-refractivity contribution in [2.45, 2.75) is 6.54 Å². The lowest BCUT2D eigenvalue weighted by molar-refractivity contribution is 0.605. The van der Waals surface area contributed by atoms with Gasteiger partial charge in [-0.05, 0) is 0 Å². The molecule has 0 aliphatic carbocycles. The lowest BCUT2D eigenvalue weighted by Crippen LogP contribution is -2.14. The van der Waals surface area contributed by atoms with Crippen molar-refractivity contribution in [2.75, 3.05) is 11.0 Å². The fraction of sp³-hybridized carbons (Fsp3) is 0.500. The van der Waals surface area contributed by atoms with Gasteiger partial charge in [0, 0.05) is 19.2 Å². The van der Waals surface area contributed by atoms with E-state index in [1.165, 1.54) is 10.9 Å². The maximum absolute atomic E-state index is 10.9. The molecule has 0 saturated heterocycles. The van der Waals surface area contributed by atoms with Crippen molar-refractivity contribution in [3.63, 3.8) is 0 Å². The van der Waals surface area contributed by atoms with Crippen LogP contribution in [0.2, 0.25) is 0 Å². The first-order chi connectivity index (χ1) is 5.94. The Kier molecular flexibility index (Phi) is 2.58. The Labute approximate surface area is 76.8 Å². The first-order valence-corrected chi connectivity index (χ1v) is 5.52. The Morgan fingerprint density at radius 3 is 2.77 bits per heavy atom. The molecule has 0 aromatic carbocycles. The summed E-state index contributed by atoms with van der Waals surface area (Å²) >= 11 is 0. The zero-order valence-corrected chi connectivity index (χ0v) is 8.30. The van der Waals surface area contributed by atoms with Crippen LogP contribution < -0.4 is 10.5 Å². The second-order valence-corrected chi connectivity index (χ2v) is 4.47. The van der Waals surface area contributed by atoms with E-state index < -0.39 is 10.0 Å². The lowest BCUT2D eigenvalue weighted by Gasteiger charge is -2.05. The zero-order valence-electron chi connectivity index (χ0n) is 7.48. The van der Waals surface area contributed by atoms with Gasteiger partial charge in [-0.2, -0.15) is 5.10 Å². The van der Waals surface area contributed by atoms with E-state index in [1.807, 2.05) is 0 Å². The molecule has 1 aromatic heterocycles. The van der Waals surface area contributed by atoms with Crippen LogP contribution in [0.3, 0.4) is 0 Å². The first kappa shape index (κ1) is 10.0. The molecule has 0 bridgehead atoms. The summed E-state index contributed by atoms with van der Waals surface area (Å²) in [5, 5.41) is 3.88. The van der Waals surface area contributed by atoms with Gasteiger partial charge in [-0.3, -0.25) is 9.40 Å². The molecule has 0 radical (unpaired) electrons. The fourth-order valence-electron chi connectivity index (χ4n) is 0.940. The number of hydrogen-bond donors (Lipinski definition) is 2. The Morgan fingerprint density at radius 2 is 2.31 bits per heavy atom. The average molecular weight is 204 g/mol. The van der Waals surface area contributed by atoms with Crippen LogP contribution >= 0.6 is 0 Å². The van der Waals surface area contributed by atoms with Gasteiger partial charge in [0.2, 0.25) is 10.0 Å². The van der Waals surface area contributed by atoms with Crippen molar-refractivity contribution in [1.82, 2.24) is 9.78 Å². The van der Waals surface area contributed by atoms with Gasteiger partial charge in [0.15, 0.2) is 0 Å². The second kappa shape index (κ2) is 3.35. The van der Waals surface area contributed by atoms with Crippen molar-refractivity contribution < 1.29 is 8.42 Å². The van der Waals surface area contributed by atoms with Crippen LogP contribution in [0, 0.1) is 0 Å². The molecule has 0 atom stereocenters. The van der Waals surface area contributed by atoms with Crippen molar-refractivity contribution >= 4 is 15.8 Å². The predicted molar refractivity (Wildman–Crippen MR) is 49.6 cm³/mol. The summed E-state index contributed by atoms with van der Waals surface area (Å²) in [5.41, 5.74) is 6.07. The molecule has 3 N–H and O–H groups in total. The number of aromatic nitrogens is 2. The minimum Gasteiger partial charge on any atom is -0.326 e. The molecule has 1 heterocycles. The normalized spacial score (nSPS) is 11.6. The van der Waals surface area contributed by atoms with Crippen LogP contribution in [0.15, 0.2) is 6.20 Å². The van der Waals surface area contributed by atoms with Gasteiger partial charge in [0.1, 0.15) is 5.82 Å². The van der Waals surface area contributed by atoms with Gasteiger partial charge in [-0.1, -0.05) is 0 Å². The van der Waals surface area contributed by atoms with Crippen molar-refractivity contribution in [2.24, 2.45) is 12.8 Å². The molecular formula is C6H12N4O2S. The van der Waals surface area contributed by atoms with Gasteiger partial charge in [0.25, 0.3) is 0 Å². The Hall–Kier alpha value is -1.08. The van der Waals surface area contributed by atoms with Gasteiger partial charge in [-0.15, -0.1) is 0 Å². The molecule has 1 aromatic rings. The lowest BCUT2D eigenvalue weighted by atomic mass is 10.3. The van der Waals surface area contributed by atoms with Crippen LogP contribution in [0.4, 0.5) is 5.82 Å². The van der Waals surface area contributed by atoms with E-state index in [9.17, 15) is 8.42 Å². The first-order valence-electron chi connectivity index (χ1n) is 3.63. The second-order valence-electron chi connectivity index (χ2n) is 2.72. The van der Waals surface area contributed by atoms with Gasteiger partial charge < -0.3 is 5.73 Å². The summed E-state index contributed by atoms with van der Waals surface area (Å²) in [4.78, 5) is 0. The minimum atomic E-state index is -3.27. The fourth-order valence-corrected chi connectivity index (χ4v) is 1.55. The van der Waals surface area contributed by atoms with Gasteiger partial charge >= 0.3 is 0 Å². The number of sulfonamides is 1. The molecule has 0 fully saturated rings. The SMILES string of the molecule is Cn1ncc(CN)c1NS(C)(=O)=O. The maximum Gasteiger partial charge on any atom is 0.230 e. The summed E-state index contributed by atoms with van der Waals surface area (Å²) in [7, 11) is -1.62. The minimum absolute atomic E-state index is 0.256. The number of aryl methyl sites for hydroxylation is 1. The largest absolute Gasteiger partial charge is 0.326 e. The number of nitrogens with one attached hydrogen (secondary N) is 1. The highest BCUT2D eigenvalue weighted by molar-refractivity contribution is 7.92. The summed E-state index contributed by atoms with van der Waals surface area (Å²) in [6.07, 6.45) is 2.62. The summed E-state index contributed by atoms with van der Waals surface area (Å²) < 4.78 is 25.6. The zero-order chi connectivity index (χ0) is 10.1. The molecule has 0 saturated carbocycles. The third-order valence-electron chi connectivity index (χ3n) is 1.52. The monoisotopic (exact) mass is 204 g/mol. The molecule has 1 rings (SSSR count). The predicted octanol–water partition coefficient (Wildman–Crippen LogP) is -0.750. The summed E-state index contributed by atoms with van der Waals surface area (Å²) in [6, 6.07) is 0. The standard InChI is InChI=1S/C6H12N4O2S/c1-10-6(9-13(2,11)12)5(3-7)4-8-10/h4,9H,3,7H2,1-2H3. The van der Waals surface area contributed by atoms with Gasteiger partial charge in [-0.25, -0.2) is 8.42 Å². The van der Waals surface area contributed by atoms with Crippen molar-refractivity contribution in [3.05, 3.63) is 11.8 Å². The number of hydrogen-bond acceptors (Lipinski definition) is 4. The highest BCUT2D eigenvalue weighted by Gasteiger charge is 2.10. The molecule has 6 nitrogen and oxygen atoms in total. The molecule has 0 aliphatic rings. The smallest absolute Gasteiger partial charge is 0.230 e. The molecule has 0 amide bonds. The van der Waals surface area contributed by atoms with Gasteiger partial charge in [0.05, 0.1) is 12.5 Å². The van der Waals surface area contributed by atoms with E-state index in [0.29, 0.717) is 11.4 Å². The number of nitrogens with zero attached hydrogens (tertiary/aromatic N) is 2. The Bertz CT molecular complexity index is 395. The molecule has 0 aliphatic heterocycles. The highest BCUT2D eigenvalue weighted by atomic mass is 32.2. The average Bonchev–Trinajstić information content (AvgIpc) is 2.30. The summed E-state index contributed by atoms with van der Waals surface area (Å²) in [6.45, 7) is 0.256. The van der Waals surface area contributed by atoms with Crippen molar-refractivity contribution in [1.29, 1.82) is 0 Å². The van der Waals surface area contributed by atoms with Crippen LogP contribution in [0.1, 0.15) is 5.56 Å². The van der Waals surface area contributed by atoms with Crippen molar-refractivity contribution in [3.8, 4) is 0 Å². The number of anilines is 1. The maximum atomic E-state index is 10.9. The Morgan fingerprint density at radius 1 is 1.69 bits per heavy atom. The molecule has 7 heteroatoms. The quantitative estimate of drug-likeness (QED) is 0.678. The third kappa shape index (κ3) is 2.43. The van der Waals surface area contributed by atoms with Crippen LogP contribution in [0.5, 0.6) is 0 Å². The molecule has 74 valence electrons. The molecule has 0 spiro atoms. The third-order valence-corrected chi connectivity index (χ3v) is 2.08. The van der Waals surface area contributed by atoms with Crippen LogP contribution in [0.25, 0.3) is 0 Å². The molecule has 0 unspecified atom stereocenters. The van der Waals surface area contributed by atoms with Crippen LogP contribution in [-0.2, 0) is 23.6 Å². The number of rotatable bonds is 3. The topological polar surface area (TPSA) is 90.0 Å². The van der Waals surface area contributed by atoms with E-state index in [2.05, 4.69) is 9.82 Å².